The molecule has 7 heteroatoms. The van der Waals surface area contributed by atoms with Gasteiger partial charge in [-0.2, -0.15) is 0 Å². The molecule has 0 spiro atoms. The summed E-state index contributed by atoms with van der Waals surface area (Å²) in [5.74, 6) is -1.65. The number of hydrogen-bond donors (Lipinski definition) is 2. The average molecular weight is 431 g/mol. The molecule has 0 bridgehead atoms. The summed E-state index contributed by atoms with van der Waals surface area (Å²) in [7, 11) is 1.69. The van der Waals surface area contributed by atoms with Gasteiger partial charge in [0.05, 0.1) is 22.6 Å². The number of fused-ring (bicyclic) bond motifs is 1. The molecule has 6 nitrogen and oxygen atoms in total. The third-order valence-electron chi connectivity index (χ3n) is 5.45. The zero-order valence-electron chi connectivity index (χ0n) is 17.9. The molecule has 162 valence electrons. The Kier molecular flexibility index (Phi) is 5.48. The highest BCUT2D eigenvalue weighted by Gasteiger charge is 2.20. The molecule has 0 aliphatic rings. The Morgan fingerprint density at radius 2 is 1.84 bits per heavy atom. The SMILES string of the molecule is Cc1cc([C@@H](C)Nc2cccc(F)c2C(=O)O)c2nc(-c3ccccc3)n(C)c(=O)c2c1. The first kappa shape index (κ1) is 21.2. The number of rotatable bonds is 5. The molecule has 4 rings (SSSR count). The molecule has 1 aromatic heterocycles. The second-order valence-electron chi connectivity index (χ2n) is 7.75. The van der Waals surface area contributed by atoms with E-state index < -0.39 is 23.4 Å². The number of benzene rings is 3. The topological polar surface area (TPSA) is 84.2 Å². The number of aromatic carboxylic acids is 1. The Hall–Kier alpha value is -4.00. The maximum absolute atomic E-state index is 14.1. The van der Waals surface area contributed by atoms with E-state index in [9.17, 15) is 19.1 Å². The van der Waals surface area contributed by atoms with Crippen LogP contribution < -0.4 is 10.9 Å². The van der Waals surface area contributed by atoms with E-state index in [1.54, 1.807) is 13.1 Å². The van der Waals surface area contributed by atoms with Gasteiger partial charge in [0.25, 0.3) is 5.56 Å². The van der Waals surface area contributed by atoms with Crippen molar-refractivity contribution in [1.29, 1.82) is 0 Å². The van der Waals surface area contributed by atoms with Gasteiger partial charge in [0.15, 0.2) is 0 Å². The van der Waals surface area contributed by atoms with Crippen molar-refractivity contribution in [3.8, 4) is 11.4 Å². The van der Waals surface area contributed by atoms with Crippen molar-refractivity contribution in [2.24, 2.45) is 7.05 Å². The second kappa shape index (κ2) is 8.26. The van der Waals surface area contributed by atoms with Gasteiger partial charge in [-0.1, -0.05) is 42.5 Å². The van der Waals surface area contributed by atoms with Crippen LogP contribution in [0, 0.1) is 12.7 Å². The zero-order chi connectivity index (χ0) is 23.0. The van der Waals surface area contributed by atoms with Gasteiger partial charge in [0.2, 0.25) is 0 Å². The minimum Gasteiger partial charge on any atom is -0.478 e. The van der Waals surface area contributed by atoms with Crippen LogP contribution in [-0.4, -0.2) is 20.6 Å². The van der Waals surface area contributed by atoms with Crippen molar-refractivity contribution in [3.05, 3.63) is 93.5 Å². The number of nitrogens with zero attached hydrogens (tertiary/aromatic N) is 2. The van der Waals surface area contributed by atoms with E-state index in [2.05, 4.69) is 5.32 Å². The molecule has 3 aromatic carbocycles. The molecule has 0 saturated carbocycles. The van der Waals surface area contributed by atoms with Gasteiger partial charge in [-0.15, -0.1) is 0 Å². The number of aromatic nitrogens is 2. The van der Waals surface area contributed by atoms with E-state index in [0.717, 1.165) is 22.8 Å². The van der Waals surface area contributed by atoms with E-state index in [4.69, 9.17) is 4.98 Å². The van der Waals surface area contributed by atoms with E-state index >= 15 is 0 Å². The molecule has 0 aliphatic carbocycles. The van der Waals surface area contributed by atoms with Gasteiger partial charge in [0.1, 0.15) is 17.2 Å². The third-order valence-corrected chi connectivity index (χ3v) is 5.45. The quantitative estimate of drug-likeness (QED) is 0.469. The first-order chi connectivity index (χ1) is 15.3. The number of halogens is 1. The maximum atomic E-state index is 14.1. The van der Waals surface area contributed by atoms with E-state index in [1.807, 2.05) is 50.2 Å². The highest BCUT2D eigenvalue weighted by molar-refractivity contribution is 5.94. The molecule has 1 heterocycles. The molecule has 0 saturated heterocycles. The summed E-state index contributed by atoms with van der Waals surface area (Å²) in [6, 6.07) is 16.7. The van der Waals surface area contributed by atoms with Crippen LogP contribution in [0.4, 0.5) is 10.1 Å². The molecule has 4 aromatic rings. The first-order valence-electron chi connectivity index (χ1n) is 10.1. The van der Waals surface area contributed by atoms with Crippen LogP contribution in [-0.2, 0) is 7.05 Å². The second-order valence-corrected chi connectivity index (χ2v) is 7.75. The van der Waals surface area contributed by atoms with Crippen LogP contribution in [0.25, 0.3) is 22.3 Å². The first-order valence-corrected chi connectivity index (χ1v) is 10.1. The Balaban J connectivity index is 1.90. The number of aryl methyl sites for hydroxylation is 1. The predicted octanol–water partition coefficient (Wildman–Crippen LogP) is 4.92. The molecule has 32 heavy (non-hydrogen) atoms. The zero-order valence-corrected chi connectivity index (χ0v) is 17.9. The van der Waals surface area contributed by atoms with Crippen LogP contribution in [0.5, 0.6) is 0 Å². The molecule has 0 fully saturated rings. The third kappa shape index (κ3) is 3.73. The van der Waals surface area contributed by atoms with Crippen molar-refractivity contribution in [1.82, 2.24) is 9.55 Å². The van der Waals surface area contributed by atoms with Crippen molar-refractivity contribution in [2.75, 3.05) is 5.32 Å². The Morgan fingerprint density at radius 3 is 2.53 bits per heavy atom. The van der Waals surface area contributed by atoms with E-state index in [0.29, 0.717) is 16.7 Å². The van der Waals surface area contributed by atoms with Crippen molar-refractivity contribution < 1.29 is 14.3 Å². The molecule has 0 radical (unpaired) electrons. The standard InChI is InChI=1S/C25H22FN3O3/c1-14-12-17(15(2)27-20-11-7-10-19(26)21(20)25(31)32)22-18(13-14)24(30)29(3)23(28-22)16-8-5-4-6-9-16/h4-13,15,27H,1-3H3,(H,31,32)/t15-/m1/s1. The molecule has 2 N–H and O–H groups in total. The van der Waals surface area contributed by atoms with Gasteiger partial charge < -0.3 is 10.4 Å². The summed E-state index contributed by atoms with van der Waals surface area (Å²) in [4.78, 5) is 29.6. The predicted molar refractivity (Wildman–Crippen MR) is 123 cm³/mol. The maximum Gasteiger partial charge on any atom is 0.340 e. The molecular formula is C25H22FN3O3. The molecule has 0 amide bonds. The van der Waals surface area contributed by atoms with E-state index in [1.165, 1.54) is 16.7 Å². The molecular weight excluding hydrogens is 409 g/mol. The summed E-state index contributed by atoms with van der Waals surface area (Å²) in [5, 5.41) is 13.0. The molecule has 0 aliphatic heterocycles. The van der Waals surface area contributed by atoms with Crippen LogP contribution >= 0.6 is 0 Å². The largest absolute Gasteiger partial charge is 0.478 e. The van der Waals surface area contributed by atoms with Crippen LogP contribution in [0.1, 0.15) is 34.5 Å². The van der Waals surface area contributed by atoms with Gasteiger partial charge >= 0.3 is 5.97 Å². The van der Waals surface area contributed by atoms with Crippen LogP contribution in [0.2, 0.25) is 0 Å². The lowest BCUT2D eigenvalue weighted by Crippen LogP contribution is -2.22. The molecule has 1 atom stereocenters. The summed E-state index contributed by atoms with van der Waals surface area (Å²) in [6.45, 7) is 3.71. The highest BCUT2D eigenvalue weighted by Crippen LogP contribution is 2.29. The van der Waals surface area contributed by atoms with Crippen molar-refractivity contribution in [2.45, 2.75) is 19.9 Å². The minimum atomic E-state index is -1.36. The summed E-state index contributed by atoms with van der Waals surface area (Å²) >= 11 is 0. The lowest BCUT2D eigenvalue weighted by atomic mass is 10.00. The van der Waals surface area contributed by atoms with Crippen molar-refractivity contribution in [3.63, 3.8) is 0 Å². The summed E-state index contributed by atoms with van der Waals surface area (Å²) in [6.07, 6.45) is 0. The number of hydrogen-bond acceptors (Lipinski definition) is 4. The lowest BCUT2D eigenvalue weighted by molar-refractivity contribution is 0.0693. The number of nitrogens with one attached hydrogen (secondary N) is 1. The normalized spacial score (nSPS) is 12.0. The number of carboxylic acid groups (broad SMARTS) is 1. The smallest absolute Gasteiger partial charge is 0.340 e. The number of carbonyl (C=O) groups is 1. The molecule has 0 unspecified atom stereocenters. The average Bonchev–Trinajstić information content (AvgIpc) is 2.76. The Bertz CT molecular complexity index is 1400. The van der Waals surface area contributed by atoms with Crippen LogP contribution in [0.15, 0.2) is 65.5 Å². The summed E-state index contributed by atoms with van der Waals surface area (Å²) in [5.41, 5.74) is 2.46. The van der Waals surface area contributed by atoms with Crippen LogP contribution in [0.3, 0.4) is 0 Å². The fourth-order valence-electron chi connectivity index (χ4n) is 3.90. The van der Waals surface area contributed by atoms with E-state index in [-0.39, 0.29) is 11.2 Å². The summed E-state index contributed by atoms with van der Waals surface area (Å²) < 4.78 is 15.7. The van der Waals surface area contributed by atoms with Gasteiger partial charge in [0, 0.05) is 18.2 Å². The highest BCUT2D eigenvalue weighted by atomic mass is 19.1. The lowest BCUT2D eigenvalue weighted by Gasteiger charge is -2.20. The fraction of sp³-hybridized carbons (Fsp3) is 0.160. The Morgan fingerprint density at radius 1 is 1.12 bits per heavy atom. The Labute approximate surface area is 184 Å². The number of carboxylic acids is 1. The monoisotopic (exact) mass is 431 g/mol. The van der Waals surface area contributed by atoms with Gasteiger partial charge in [-0.25, -0.2) is 14.2 Å². The van der Waals surface area contributed by atoms with Gasteiger partial charge in [-0.05, 0) is 37.6 Å². The van der Waals surface area contributed by atoms with Crippen molar-refractivity contribution >= 4 is 22.6 Å². The number of anilines is 1. The fourth-order valence-corrected chi connectivity index (χ4v) is 3.90. The van der Waals surface area contributed by atoms with Gasteiger partial charge in [-0.3, -0.25) is 9.36 Å². The minimum absolute atomic E-state index is 0.159.